The number of rotatable bonds is 3. The summed E-state index contributed by atoms with van der Waals surface area (Å²) in [7, 11) is 0. The molecular formula is C18H19N2O2S+. The molecule has 1 aromatic heterocycles. The number of carbonyl (C=O) groups is 2. The molecule has 0 saturated carbocycles. The van der Waals surface area contributed by atoms with Crippen molar-refractivity contribution in [2.45, 2.75) is 25.8 Å². The highest BCUT2D eigenvalue weighted by atomic mass is 32.1. The van der Waals surface area contributed by atoms with Crippen molar-refractivity contribution in [3.8, 4) is 0 Å². The van der Waals surface area contributed by atoms with E-state index in [-0.39, 0.29) is 11.8 Å². The first-order chi connectivity index (χ1) is 11.2. The Balaban J connectivity index is 1.60. The third kappa shape index (κ3) is 2.23. The van der Waals surface area contributed by atoms with Crippen molar-refractivity contribution < 1.29 is 14.5 Å². The number of thiophene rings is 1. The van der Waals surface area contributed by atoms with Crippen molar-refractivity contribution in [1.82, 2.24) is 4.90 Å². The van der Waals surface area contributed by atoms with Crippen LogP contribution in [-0.2, 0) is 6.42 Å². The Hall–Kier alpha value is -1.98. The standard InChI is InChI=1S/C18H18N2O2S/c1-2-15-14-8-10-23-16(14)7-9-19(15)11-20-17(21)12-5-3-4-6-13(12)18(20)22/h3-6,8,10,15H,2,7,9,11H2,1H3/p+1/t15-/m0/s1. The predicted molar refractivity (Wildman–Crippen MR) is 88.7 cm³/mol. The molecule has 0 fully saturated rings. The van der Waals surface area contributed by atoms with E-state index in [0.29, 0.717) is 23.8 Å². The zero-order valence-corrected chi connectivity index (χ0v) is 13.9. The number of amides is 2. The molecule has 2 aliphatic heterocycles. The minimum atomic E-state index is -0.149. The molecule has 0 bridgehead atoms. The summed E-state index contributed by atoms with van der Waals surface area (Å²) in [5.74, 6) is -0.298. The summed E-state index contributed by atoms with van der Waals surface area (Å²) < 4.78 is 0. The normalized spacial score (nSPS) is 23.1. The Labute approximate surface area is 139 Å². The molecular weight excluding hydrogens is 308 g/mol. The van der Waals surface area contributed by atoms with Gasteiger partial charge in [0.1, 0.15) is 6.04 Å². The van der Waals surface area contributed by atoms with E-state index < -0.39 is 0 Å². The van der Waals surface area contributed by atoms with Gasteiger partial charge in [-0.3, -0.25) is 9.59 Å². The summed E-state index contributed by atoms with van der Waals surface area (Å²) >= 11 is 1.82. The van der Waals surface area contributed by atoms with Crippen LogP contribution in [0, 0.1) is 0 Å². The largest absolute Gasteiger partial charge is 0.311 e. The second-order valence-electron chi connectivity index (χ2n) is 6.16. The summed E-state index contributed by atoms with van der Waals surface area (Å²) in [4.78, 5) is 29.3. The SMILES string of the molecule is CC[C@H]1c2ccsc2CC[NH+]1CN1C(=O)c2ccccc2C1=O. The topological polar surface area (TPSA) is 41.8 Å². The number of hydrogen-bond acceptors (Lipinski definition) is 3. The molecule has 0 radical (unpaired) electrons. The monoisotopic (exact) mass is 327 g/mol. The maximum atomic E-state index is 12.6. The molecule has 0 aliphatic carbocycles. The van der Waals surface area contributed by atoms with Crippen LogP contribution >= 0.6 is 11.3 Å². The zero-order valence-electron chi connectivity index (χ0n) is 13.0. The highest BCUT2D eigenvalue weighted by Gasteiger charge is 2.40. The average Bonchev–Trinajstić information content (AvgIpc) is 3.14. The number of carbonyl (C=O) groups excluding carboxylic acids is 2. The van der Waals surface area contributed by atoms with E-state index in [1.165, 1.54) is 20.2 Å². The molecule has 4 nitrogen and oxygen atoms in total. The molecule has 2 amide bonds. The first-order valence-corrected chi connectivity index (χ1v) is 8.94. The van der Waals surface area contributed by atoms with Gasteiger partial charge in [-0.2, -0.15) is 0 Å². The summed E-state index contributed by atoms with van der Waals surface area (Å²) in [5, 5.41) is 2.15. The van der Waals surface area contributed by atoms with Crippen LogP contribution < -0.4 is 4.90 Å². The van der Waals surface area contributed by atoms with Gasteiger partial charge in [0.2, 0.25) is 0 Å². The minimum absolute atomic E-state index is 0.149. The fourth-order valence-corrected chi connectivity index (χ4v) is 4.76. The van der Waals surface area contributed by atoms with Crippen molar-refractivity contribution in [3.63, 3.8) is 0 Å². The number of quaternary nitrogens is 1. The van der Waals surface area contributed by atoms with Gasteiger partial charge in [0.25, 0.3) is 11.8 Å². The van der Waals surface area contributed by atoms with E-state index in [2.05, 4.69) is 18.4 Å². The van der Waals surface area contributed by atoms with Crippen molar-refractivity contribution in [3.05, 3.63) is 57.3 Å². The molecule has 1 N–H and O–H groups in total. The molecule has 0 spiro atoms. The number of imide groups is 1. The van der Waals surface area contributed by atoms with E-state index >= 15 is 0 Å². The molecule has 1 aromatic carbocycles. The quantitative estimate of drug-likeness (QED) is 0.875. The van der Waals surface area contributed by atoms with Gasteiger partial charge >= 0.3 is 0 Å². The summed E-state index contributed by atoms with van der Waals surface area (Å²) in [6.45, 7) is 3.61. The number of nitrogens with one attached hydrogen (secondary N) is 1. The molecule has 2 aromatic rings. The van der Waals surface area contributed by atoms with Gasteiger partial charge in [0, 0.05) is 23.3 Å². The van der Waals surface area contributed by atoms with Crippen LogP contribution in [0.2, 0.25) is 0 Å². The Morgan fingerprint density at radius 3 is 2.52 bits per heavy atom. The molecule has 23 heavy (non-hydrogen) atoms. The highest BCUT2D eigenvalue weighted by Crippen LogP contribution is 2.27. The van der Waals surface area contributed by atoms with E-state index in [0.717, 1.165) is 19.4 Å². The Morgan fingerprint density at radius 1 is 1.17 bits per heavy atom. The van der Waals surface area contributed by atoms with E-state index in [1.807, 2.05) is 23.5 Å². The van der Waals surface area contributed by atoms with Crippen LogP contribution in [0.3, 0.4) is 0 Å². The second kappa shape index (κ2) is 5.58. The summed E-state index contributed by atoms with van der Waals surface area (Å²) in [6.07, 6.45) is 2.05. The molecule has 3 heterocycles. The maximum absolute atomic E-state index is 12.6. The number of hydrogen-bond donors (Lipinski definition) is 1. The van der Waals surface area contributed by atoms with E-state index in [4.69, 9.17) is 0 Å². The third-order valence-electron chi connectivity index (χ3n) is 4.97. The minimum Gasteiger partial charge on any atom is -0.311 e. The fraction of sp³-hybridized carbons (Fsp3) is 0.333. The lowest BCUT2D eigenvalue weighted by molar-refractivity contribution is -0.940. The van der Waals surface area contributed by atoms with Crippen molar-refractivity contribution in [2.75, 3.05) is 13.2 Å². The van der Waals surface area contributed by atoms with Crippen LogP contribution in [0.4, 0.5) is 0 Å². The number of fused-ring (bicyclic) bond motifs is 2. The third-order valence-corrected chi connectivity index (χ3v) is 5.97. The molecule has 2 aliphatic rings. The van der Waals surface area contributed by atoms with Crippen LogP contribution in [0.15, 0.2) is 35.7 Å². The van der Waals surface area contributed by atoms with Crippen LogP contribution in [0.1, 0.15) is 50.5 Å². The van der Waals surface area contributed by atoms with Crippen molar-refractivity contribution in [1.29, 1.82) is 0 Å². The number of benzene rings is 1. The molecule has 0 saturated heterocycles. The van der Waals surface area contributed by atoms with Crippen molar-refractivity contribution in [2.24, 2.45) is 0 Å². The Kier molecular flexibility index (Phi) is 3.54. The van der Waals surface area contributed by atoms with Crippen LogP contribution in [0.5, 0.6) is 0 Å². The average molecular weight is 327 g/mol. The van der Waals surface area contributed by atoms with Gasteiger partial charge in [0.05, 0.1) is 17.7 Å². The lowest BCUT2D eigenvalue weighted by Crippen LogP contribution is -3.14. The van der Waals surface area contributed by atoms with E-state index in [1.54, 1.807) is 12.1 Å². The predicted octanol–water partition coefficient (Wildman–Crippen LogP) is 1.89. The first-order valence-electron chi connectivity index (χ1n) is 8.06. The summed E-state index contributed by atoms with van der Waals surface area (Å²) in [6, 6.07) is 9.69. The maximum Gasteiger partial charge on any atom is 0.265 e. The Morgan fingerprint density at radius 2 is 1.87 bits per heavy atom. The molecule has 5 heteroatoms. The van der Waals surface area contributed by atoms with Crippen LogP contribution in [0.25, 0.3) is 0 Å². The van der Waals surface area contributed by atoms with Gasteiger partial charge in [-0.15, -0.1) is 11.3 Å². The second-order valence-corrected chi connectivity index (χ2v) is 7.16. The van der Waals surface area contributed by atoms with Gasteiger partial charge in [-0.1, -0.05) is 19.1 Å². The van der Waals surface area contributed by atoms with Gasteiger partial charge in [-0.05, 0) is 23.6 Å². The Bertz CT molecular complexity index is 748. The lowest BCUT2D eigenvalue weighted by Gasteiger charge is -2.34. The molecule has 118 valence electrons. The van der Waals surface area contributed by atoms with Crippen LogP contribution in [-0.4, -0.2) is 29.9 Å². The fourth-order valence-electron chi connectivity index (χ4n) is 3.82. The zero-order chi connectivity index (χ0) is 16.0. The molecule has 4 rings (SSSR count). The molecule has 2 atom stereocenters. The first kappa shape index (κ1) is 14.6. The van der Waals surface area contributed by atoms with Crippen molar-refractivity contribution >= 4 is 23.2 Å². The number of nitrogens with zero attached hydrogens (tertiary/aromatic N) is 1. The van der Waals surface area contributed by atoms with Gasteiger partial charge in [-0.25, -0.2) is 4.90 Å². The summed E-state index contributed by atoms with van der Waals surface area (Å²) in [5.41, 5.74) is 2.48. The van der Waals surface area contributed by atoms with E-state index in [9.17, 15) is 9.59 Å². The molecule has 1 unspecified atom stereocenters. The smallest absolute Gasteiger partial charge is 0.265 e. The van der Waals surface area contributed by atoms with Gasteiger partial charge < -0.3 is 4.90 Å². The van der Waals surface area contributed by atoms with Gasteiger partial charge in [0.15, 0.2) is 6.67 Å². The highest BCUT2D eigenvalue weighted by molar-refractivity contribution is 7.10. The lowest BCUT2D eigenvalue weighted by atomic mass is 9.98.